The normalized spacial score (nSPS) is 18.0. The predicted octanol–water partition coefficient (Wildman–Crippen LogP) is 3.97. The number of rotatable bonds is 8. The first-order valence-electron chi connectivity index (χ1n) is 9.62. The molecule has 1 aliphatic heterocycles. The quantitative estimate of drug-likeness (QED) is 0.590. The van der Waals surface area contributed by atoms with Gasteiger partial charge in [0.1, 0.15) is 18.6 Å². The number of quaternary nitrogens is 1. The predicted molar refractivity (Wildman–Crippen MR) is 109 cm³/mol. The van der Waals surface area contributed by atoms with Crippen molar-refractivity contribution in [2.24, 2.45) is 5.10 Å². The number of urea groups is 1. The molecule has 1 aliphatic rings. The molecular weight excluding hydrogens is 368 g/mol. The van der Waals surface area contributed by atoms with Gasteiger partial charge in [-0.25, -0.2) is 9.78 Å². The lowest BCUT2D eigenvalue weighted by atomic mass is 10.1. The Hall–Kier alpha value is -3.45. The smallest absolute Gasteiger partial charge is 0.443 e. The Morgan fingerprint density at radius 2 is 1.90 bits per heavy atom. The minimum absolute atomic E-state index is 0.127. The van der Waals surface area contributed by atoms with E-state index in [1.807, 2.05) is 61.5 Å². The number of aromatic nitrogens is 1. The van der Waals surface area contributed by atoms with Crippen LogP contribution in [0.5, 0.6) is 5.75 Å². The van der Waals surface area contributed by atoms with Crippen LogP contribution in [0, 0.1) is 0 Å². The van der Waals surface area contributed by atoms with Crippen LogP contribution < -0.4 is 10.2 Å². The van der Waals surface area contributed by atoms with Crippen molar-refractivity contribution < 1.29 is 18.4 Å². The van der Waals surface area contributed by atoms with Crippen molar-refractivity contribution in [1.82, 2.24) is 10.4 Å². The molecule has 29 heavy (non-hydrogen) atoms. The number of nitrogens with one attached hydrogen (secondary N) is 1. The van der Waals surface area contributed by atoms with Crippen LogP contribution in [0.1, 0.15) is 18.2 Å². The zero-order valence-corrected chi connectivity index (χ0v) is 16.2. The van der Waals surface area contributed by atoms with Crippen LogP contribution in [0.4, 0.5) is 4.79 Å². The molecule has 1 atom stereocenters. The van der Waals surface area contributed by atoms with Crippen LogP contribution in [0.15, 0.2) is 70.4 Å². The van der Waals surface area contributed by atoms with Gasteiger partial charge in [0, 0.05) is 17.5 Å². The maximum Gasteiger partial charge on any atom is 0.443 e. The summed E-state index contributed by atoms with van der Waals surface area (Å²) in [6, 6.07) is 17.4. The number of carbonyl (C=O) groups is 1. The van der Waals surface area contributed by atoms with Gasteiger partial charge in [-0.3, -0.25) is 0 Å². The van der Waals surface area contributed by atoms with Crippen LogP contribution in [0.25, 0.3) is 11.5 Å². The van der Waals surface area contributed by atoms with E-state index in [0.29, 0.717) is 32.0 Å². The number of para-hydroxylation sites is 1. The summed E-state index contributed by atoms with van der Waals surface area (Å²) in [4.78, 5) is 16.8. The van der Waals surface area contributed by atoms with Gasteiger partial charge in [0.2, 0.25) is 12.2 Å². The van der Waals surface area contributed by atoms with Crippen LogP contribution in [-0.2, 0) is 13.0 Å². The van der Waals surface area contributed by atoms with E-state index < -0.39 is 0 Å². The van der Waals surface area contributed by atoms with Gasteiger partial charge in [-0.15, -0.1) is 5.10 Å². The zero-order chi connectivity index (χ0) is 20.1. The molecule has 7 nitrogen and oxygen atoms in total. The van der Waals surface area contributed by atoms with Gasteiger partial charge < -0.3 is 9.15 Å². The Bertz CT molecular complexity index is 1020. The first-order chi connectivity index (χ1) is 14.2. The van der Waals surface area contributed by atoms with Gasteiger partial charge >= 0.3 is 6.03 Å². The number of amides is 2. The fourth-order valence-corrected chi connectivity index (χ4v) is 3.28. The lowest BCUT2D eigenvalue weighted by Gasteiger charge is -2.25. The highest BCUT2D eigenvalue weighted by Gasteiger charge is 2.39. The molecule has 4 rings (SSSR count). The van der Waals surface area contributed by atoms with Crippen LogP contribution in [0.3, 0.4) is 0 Å². The molecule has 148 valence electrons. The molecule has 0 spiro atoms. The van der Waals surface area contributed by atoms with Crippen LogP contribution >= 0.6 is 0 Å². The molecule has 2 aromatic carbocycles. The summed E-state index contributed by atoms with van der Waals surface area (Å²) < 4.78 is 11.7. The molecule has 0 radical (unpaired) electrons. The second-order valence-electron chi connectivity index (χ2n) is 6.89. The average molecular weight is 391 g/mol. The van der Waals surface area contributed by atoms with Gasteiger partial charge in [0.05, 0.1) is 18.8 Å². The minimum Gasteiger partial charge on any atom is -0.493 e. The van der Waals surface area contributed by atoms with Crippen molar-refractivity contribution in [3.8, 4) is 17.2 Å². The second-order valence-corrected chi connectivity index (χ2v) is 6.89. The van der Waals surface area contributed by atoms with Crippen molar-refractivity contribution in [3.05, 3.63) is 72.1 Å². The average Bonchev–Trinajstić information content (AvgIpc) is 3.37. The number of ether oxygens (including phenoxy) is 1. The van der Waals surface area contributed by atoms with E-state index in [9.17, 15) is 4.79 Å². The molecule has 0 saturated carbocycles. The zero-order valence-electron chi connectivity index (χ0n) is 16.2. The SMILES string of the molecule is CC[N+]1(Cc2ccccc2OCCc2coc(-c3ccccc3)n2)C=NNC1=O. The summed E-state index contributed by atoms with van der Waals surface area (Å²) in [6.45, 7) is 3.54. The lowest BCUT2D eigenvalue weighted by molar-refractivity contribution is -0.760. The van der Waals surface area contributed by atoms with E-state index >= 15 is 0 Å². The standard InChI is InChI=1S/C22H22N4O3/c1-2-26(16-23-25-22(26)27)14-18-10-6-7-11-20(18)28-13-12-19-15-29-21(24-19)17-8-4-3-5-9-17/h3-11,15-16H,2,12-14H2,1H3/p+1. The van der Waals surface area contributed by atoms with Crippen molar-refractivity contribution in [1.29, 1.82) is 0 Å². The molecule has 0 bridgehead atoms. The molecule has 2 heterocycles. The summed E-state index contributed by atoms with van der Waals surface area (Å²) in [7, 11) is 0. The third kappa shape index (κ3) is 4.05. The maximum atomic E-state index is 12.2. The summed E-state index contributed by atoms with van der Waals surface area (Å²) in [6.07, 6.45) is 3.94. The third-order valence-electron chi connectivity index (χ3n) is 5.02. The molecule has 0 aliphatic carbocycles. The van der Waals surface area contributed by atoms with E-state index in [1.54, 1.807) is 12.6 Å². The minimum atomic E-state index is -0.127. The molecule has 1 N–H and O–H groups in total. The molecule has 0 fully saturated rings. The number of benzene rings is 2. The summed E-state index contributed by atoms with van der Waals surface area (Å²) in [5.74, 6) is 1.37. The van der Waals surface area contributed by atoms with E-state index in [4.69, 9.17) is 9.15 Å². The highest BCUT2D eigenvalue weighted by molar-refractivity contribution is 5.79. The number of hydrazone groups is 1. The monoisotopic (exact) mass is 391 g/mol. The Labute approximate surface area is 169 Å². The van der Waals surface area contributed by atoms with Crippen LogP contribution in [0.2, 0.25) is 0 Å². The molecule has 1 aromatic heterocycles. The lowest BCUT2D eigenvalue weighted by Crippen LogP contribution is -2.50. The van der Waals surface area contributed by atoms with Crippen molar-refractivity contribution in [3.63, 3.8) is 0 Å². The first-order valence-corrected chi connectivity index (χ1v) is 9.62. The van der Waals surface area contributed by atoms with Crippen molar-refractivity contribution in [2.45, 2.75) is 19.9 Å². The highest BCUT2D eigenvalue weighted by atomic mass is 16.5. The summed E-state index contributed by atoms with van der Waals surface area (Å²) >= 11 is 0. The Balaban J connectivity index is 1.40. The van der Waals surface area contributed by atoms with E-state index in [0.717, 1.165) is 22.6 Å². The molecule has 2 amide bonds. The van der Waals surface area contributed by atoms with E-state index in [2.05, 4.69) is 15.5 Å². The Morgan fingerprint density at radius 1 is 1.10 bits per heavy atom. The summed E-state index contributed by atoms with van der Waals surface area (Å²) in [5, 5.41) is 3.93. The molecule has 1 unspecified atom stereocenters. The molecule has 3 aromatic rings. The van der Waals surface area contributed by atoms with Crippen molar-refractivity contribution in [2.75, 3.05) is 13.2 Å². The number of nitrogens with zero attached hydrogens (tertiary/aromatic N) is 3. The van der Waals surface area contributed by atoms with Crippen molar-refractivity contribution >= 4 is 12.4 Å². The number of hydrogen-bond acceptors (Lipinski definition) is 5. The molecule has 7 heteroatoms. The van der Waals surface area contributed by atoms with Gasteiger partial charge in [0.15, 0.2) is 0 Å². The summed E-state index contributed by atoms with van der Waals surface area (Å²) in [5.41, 5.74) is 5.27. The topological polar surface area (TPSA) is 76.7 Å². The molecular formula is C22H23N4O3+. The third-order valence-corrected chi connectivity index (χ3v) is 5.02. The number of carbonyl (C=O) groups excluding carboxylic acids is 1. The van der Waals surface area contributed by atoms with E-state index in [1.165, 1.54) is 0 Å². The van der Waals surface area contributed by atoms with Gasteiger partial charge in [-0.1, -0.05) is 30.3 Å². The number of hydrogen-bond donors (Lipinski definition) is 1. The van der Waals surface area contributed by atoms with Gasteiger partial charge in [0.25, 0.3) is 0 Å². The highest BCUT2D eigenvalue weighted by Crippen LogP contribution is 2.25. The van der Waals surface area contributed by atoms with Crippen LogP contribution in [-0.4, -0.2) is 35.0 Å². The maximum absolute atomic E-state index is 12.2. The molecule has 0 saturated heterocycles. The fourth-order valence-electron chi connectivity index (χ4n) is 3.28. The first kappa shape index (κ1) is 18.9. The van der Waals surface area contributed by atoms with E-state index in [-0.39, 0.29) is 10.5 Å². The largest absolute Gasteiger partial charge is 0.493 e. The second kappa shape index (κ2) is 8.28. The number of oxazole rings is 1. The van der Waals surface area contributed by atoms with Gasteiger partial charge in [-0.05, 0) is 31.2 Å². The van der Waals surface area contributed by atoms with Gasteiger partial charge in [-0.2, -0.15) is 9.91 Å². The fraction of sp³-hybridized carbons (Fsp3) is 0.227. The Morgan fingerprint density at radius 3 is 2.66 bits per heavy atom. The Kier molecular flexibility index (Phi) is 5.39.